The van der Waals surface area contributed by atoms with Crippen LogP contribution >= 0.6 is 0 Å². The van der Waals surface area contributed by atoms with Gasteiger partial charge in [0.1, 0.15) is 11.6 Å². The highest BCUT2D eigenvalue weighted by atomic mass is 16.3. The molecule has 1 saturated heterocycles. The van der Waals surface area contributed by atoms with Crippen LogP contribution in [0.4, 0.5) is 5.82 Å². The van der Waals surface area contributed by atoms with E-state index >= 15 is 0 Å². The topological polar surface area (TPSA) is 93.1 Å². The van der Waals surface area contributed by atoms with Crippen LogP contribution in [0.15, 0.2) is 6.20 Å². The quantitative estimate of drug-likeness (QED) is 0.785. The number of nitrogen functional groups attached to an aromatic ring is 1. The molecule has 7 nitrogen and oxygen atoms in total. The summed E-state index contributed by atoms with van der Waals surface area (Å²) in [4.78, 5) is 11.0. The number of aliphatic hydroxyl groups is 1. The maximum absolute atomic E-state index is 9.67. The van der Waals surface area contributed by atoms with Gasteiger partial charge in [0, 0.05) is 13.6 Å². The van der Waals surface area contributed by atoms with E-state index in [1.54, 1.807) is 10.9 Å². The molecule has 1 atom stereocenters. The van der Waals surface area contributed by atoms with Crippen LogP contribution in [0.1, 0.15) is 18.7 Å². The summed E-state index contributed by atoms with van der Waals surface area (Å²) >= 11 is 0. The first-order valence-electron chi connectivity index (χ1n) is 6.48. The third-order valence-electron chi connectivity index (χ3n) is 3.51. The molecule has 1 unspecified atom stereocenters. The van der Waals surface area contributed by atoms with E-state index in [0.29, 0.717) is 24.7 Å². The normalized spacial score (nSPS) is 21.1. The Morgan fingerprint density at radius 1 is 1.47 bits per heavy atom. The van der Waals surface area contributed by atoms with E-state index in [2.05, 4.69) is 20.0 Å². The van der Waals surface area contributed by atoms with E-state index in [1.165, 1.54) is 0 Å². The lowest BCUT2D eigenvalue weighted by Crippen LogP contribution is -2.38. The van der Waals surface area contributed by atoms with E-state index in [4.69, 9.17) is 5.73 Å². The van der Waals surface area contributed by atoms with E-state index in [9.17, 15) is 5.11 Å². The van der Waals surface area contributed by atoms with Crippen molar-refractivity contribution in [3.63, 3.8) is 0 Å². The molecule has 1 aliphatic heterocycles. The Kier molecular flexibility index (Phi) is 3.08. The van der Waals surface area contributed by atoms with Crippen molar-refractivity contribution in [2.45, 2.75) is 25.5 Å². The van der Waals surface area contributed by atoms with Gasteiger partial charge in [-0.25, -0.2) is 9.97 Å². The standard InChI is InChI=1S/C12H18N6O/c1-17-12-9(5-14-17)11(13)15-10(16-12)7-18-4-2-3-8(19)6-18/h5,8,19H,2-4,6-7H2,1H3,(H2,13,15,16). The predicted molar refractivity (Wildman–Crippen MR) is 71.2 cm³/mol. The number of aliphatic hydroxyl groups excluding tert-OH is 1. The van der Waals surface area contributed by atoms with Crippen LogP contribution in [0.5, 0.6) is 0 Å². The SMILES string of the molecule is Cn1ncc2c(N)nc(CN3CCCC(O)C3)nc21. The zero-order chi connectivity index (χ0) is 13.4. The van der Waals surface area contributed by atoms with Crippen molar-refractivity contribution < 1.29 is 5.11 Å². The largest absolute Gasteiger partial charge is 0.392 e. The van der Waals surface area contributed by atoms with Crippen molar-refractivity contribution in [2.24, 2.45) is 7.05 Å². The molecule has 0 amide bonds. The van der Waals surface area contributed by atoms with Crippen LogP contribution < -0.4 is 5.73 Å². The number of β-amino-alcohol motifs (C(OH)–C–C–N with tert-alkyl or cyclic N) is 1. The van der Waals surface area contributed by atoms with Gasteiger partial charge < -0.3 is 10.8 Å². The maximum Gasteiger partial charge on any atom is 0.163 e. The lowest BCUT2D eigenvalue weighted by Gasteiger charge is -2.29. The Morgan fingerprint density at radius 3 is 3.11 bits per heavy atom. The molecule has 1 fully saturated rings. The zero-order valence-electron chi connectivity index (χ0n) is 11.0. The molecule has 1 aliphatic rings. The lowest BCUT2D eigenvalue weighted by molar-refractivity contribution is 0.0656. The minimum atomic E-state index is -0.244. The lowest BCUT2D eigenvalue weighted by atomic mass is 10.1. The molecule has 0 aromatic carbocycles. The van der Waals surface area contributed by atoms with E-state index in [1.807, 2.05) is 7.05 Å². The molecule has 0 radical (unpaired) electrons. The molecule has 0 saturated carbocycles. The van der Waals surface area contributed by atoms with Gasteiger partial charge in [-0.05, 0) is 19.4 Å². The second-order valence-electron chi connectivity index (χ2n) is 5.06. The van der Waals surface area contributed by atoms with Crippen LogP contribution in [0.3, 0.4) is 0 Å². The van der Waals surface area contributed by atoms with Gasteiger partial charge in [-0.2, -0.15) is 5.10 Å². The van der Waals surface area contributed by atoms with Gasteiger partial charge in [-0.3, -0.25) is 9.58 Å². The van der Waals surface area contributed by atoms with Crippen molar-refractivity contribution in [1.29, 1.82) is 0 Å². The Balaban J connectivity index is 1.86. The molecule has 19 heavy (non-hydrogen) atoms. The van der Waals surface area contributed by atoms with Crippen molar-refractivity contribution in [3.05, 3.63) is 12.0 Å². The molecule has 3 heterocycles. The van der Waals surface area contributed by atoms with Gasteiger partial charge in [0.05, 0.1) is 24.2 Å². The Labute approximate surface area is 111 Å². The number of aromatic nitrogens is 4. The first kappa shape index (κ1) is 12.3. The average Bonchev–Trinajstić information content (AvgIpc) is 2.72. The van der Waals surface area contributed by atoms with Gasteiger partial charge in [0.2, 0.25) is 0 Å². The van der Waals surface area contributed by atoms with Gasteiger partial charge in [0.25, 0.3) is 0 Å². The molecule has 2 aromatic rings. The van der Waals surface area contributed by atoms with Crippen molar-refractivity contribution in [3.8, 4) is 0 Å². The molecule has 3 N–H and O–H groups in total. The number of nitrogens with two attached hydrogens (primary N) is 1. The summed E-state index contributed by atoms with van der Waals surface area (Å²) in [5, 5.41) is 14.6. The van der Waals surface area contributed by atoms with Crippen molar-refractivity contribution in [2.75, 3.05) is 18.8 Å². The van der Waals surface area contributed by atoms with Crippen LogP contribution in [-0.2, 0) is 13.6 Å². The third kappa shape index (κ3) is 2.39. The van der Waals surface area contributed by atoms with Crippen LogP contribution in [0, 0.1) is 0 Å². The summed E-state index contributed by atoms with van der Waals surface area (Å²) in [6.45, 7) is 2.25. The summed E-state index contributed by atoms with van der Waals surface area (Å²) in [6.07, 6.45) is 3.32. The molecule has 0 aliphatic carbocycles. The van der Waals surface area contributed by atoms with E-state index < -0.39 is 0 Å². The van der Waals surface area contributed by atoms with Crippen LogP contribution in [0.25, 0.3) is 11.0 Å². The van der Waals surface area contributed by atoms with E-state index in [0.717, 1.165) is 30.4 Å². The molecular weight excluding hydrogens is 244 g/mol. The number of hydrogen-bond donors (Lipinski definition) is 2. The number of rotatable bonds is 2. The van der Waals surface area contributed by atoms with Crippen molar-refractivity contribution in [1.82, 2.24) is 24.6 Å². The van der Waals surface area contributed by atoms with E-state index in [-0.39, 0.29) is 6.10 Å². The highest BCUT2D eigenvalue weighted by Crippen LogP contribution is 2.18. The number of piperidine rings is 1. The molecule has 3 rings (SSSR count). The Hall–Kier alpha value is -1.73. The summed E-state index contributed by atoms with van der Waals surface area (Å²) in [6, 6.07) is 0. The number of aryl methyl sites for hydroxylation is 1. The van der Waals surface area contributed by atoms with Gasteiger partial charge in [-0.15, -0.1) is 0 Å². The zero-order valence-corrected chi connectivity index (χ0v) is 11.0. The fourth-order valence-electron chi connectivity index (χ4n) is 2.54. The fraction of sp³-hybridized carbons (Fsp3) is 0.583. The second-order valence-corrected chi connectivity index (χ2v) is 5.06. The molecule has 2 aromatic heterocycles. The van der Waals surface area contributed by atoms with Gasteiger partial charge in [0.15, 0.2) is 5.65 Å². The molecule has 7 heteroatoms. The third-order valence-corrected chi connectivity index (χ3v) is 3.51. The second kappa shape index (κ2) is 4.75. The minimum Gasteiger partial charge on any atom is -0.392 e. The van der Waals surface area contributed by atoms with Gasteiger partial charge >= 0.3 is 0 Å². The van der Waals surface area contributed by atoms with Gasteiger partial charge in [-0.1, -0.05) is 0 Å². The maximum atomic E-state index is 9.67. The first-order chi connectivity index (χ1) is 9.13. The summed E-state index contributed by atoms with van der Waals surface area (Å²) in [7, 11) is 1.84. The average molecular weight is 262 g/mol. The highest BCUT2D eigenvalue weighted by molar-refractivity contribution is 5.84. The molecule has 102 valence electrons. The Morgan fingerprint density at radius 2 is 2.32 bits per heavy atom. The number of anilines is 1. The molecule has 0 bridgehead atoms. The van der Waals surface area contributed by atoms with Crippen LogP contribution in [-0.4, -0.2) is 48.9 Å². The number of fused-ring (bicyclic) bond motifs is 1. The highest BCUT2D eigenvalue weighted by Gasteiger charge is 2.19. The summed E-state index contributed by atoms with van der Waals surface area (Å²) in [5.41, 5.74) is 6.68. The number of hydrogen-bond acceptors (Lipinski definition) is 6. The first-order valence-corrected chi connectivity index (χ1v) is 6.48. The monoisotopic (exact) mass is 262 g/mol. The minimum absolute atomic E-state index is 0.244. The number of nitrogens with zero attached hydrogens (tertiary/aromatic N) is 5. The molecular formula is C12H18N6O. The number of likely N-dealkylation sites (tertiary alicyclic amines) is 1. The molecule has 0 spiro atoms. The van der Waals surface area contributed by atoms with Crippen molar-refractivity contribution >= 4 is 16.9 Å². The predicted octanol–water partition coefficient (Wildman–Crippen LogP) is -0.0978. The fourth-order valence-corrected chi connectivity index (χ4v) is 2.54. The summed E-state index contributed by atoms with van der Waals surface area (Å²) < 4.78 is 1.70. The summed E-state index contributed by atoms with van der Waals surface area (Å²) in [5.74, 6) is 1.15. The van der Waals surface area contributed by atoms with Crippen LogP contribution in [0.2, 0.25) is 0 Å². The smallest absolute Gasteiger partial charge is 0.163 e. The Bertz CT molecular complexity index is 595.